The summed E-state index contributed by atoms with van der Waals surface area (Å²) in [6.45, 7) is 2.19. The van der Waals surface area contributed by atoms with Gasteiger partial charge in [-0.1, -0.05) is 42.5 Å². The summed E-state index contributed by atoms with van der Waals surface area (Å²) in [6, 6.07) is 14.2. The second-order valence-corrected chi connectivity index (χ2v) is 5.90. The van der Waals surface area contributed by atoms with E-state index in [0.717, 1.165) is 11.8 Å². The summed E-state index contributed by atoms with van der Waals surface area (Å²) in [5, 5.41) is 11.9. The Bertz CT molecular complexity index is 842. The van der Waals surface area contributed by atoms with Gasteiger partial charge >= 0.3 is 0 Å². The summed E-state index contributed by atoms with van der Waals surface area (Å²) in [5.41, 5.74) is 2.04. The van der Waals surface area contributed by atoms with Crippen molar-refractivity contribution in [3.8, 4) is 11.5 Å². The molecule has 0 aromatic heterocycles. The highest BCUT2D eigenvalue weighted by molar-refractivity contribution is 5.89. The lowest BCUT2D eigenvalue weighted by atomic mass is 10.0. The van der Waals surface area contributed by atoms with Crippen LogP contribution in [0.1, 0.15) is 18.1 Å². The molecule has 0 aliphatic carbocycles. The van der Waals surface area contributed by atoms with Gasteiger partial charge in [-0.25, -0.2) is 0 Å². The first kappa shape index (κ1) is 17.8. The third-order valence-electron chi connectivity index (χ3n) is 4.25. The van der Waals surface area contributed by atoms with Crippen molar-refractivity contribution in [2.24, 2.45) is 0 Å². The molecule has 1 aliphatic heterocycles. The predicted octanol–water partition coefficient (Wildman–Crippen LogP) is 3.70. The monoisotopic (exact) mass is 351 g/mol. The first-order valence-corrected chi connectivity index (χ1v) is 8.36. The molecule has 5 nitrogen and oxygen atoms in total. The van der Waals surface area contributed by atoms with Crippen LogP contribution in [0.4, 0.5) is 0 Å². The largest absolute Gasteiger partial charge is 0.508 e. The highest BCUT2D eigenvalue weighted by Gasteiger charge is 2.34. The summed E-state index contributed by atoms with van der Waals surface area (Å²) in [7, 11) is 1.57. The summed E-state index contributed by atoms with van der Waals surface area (Å²) in [5.74, 6) is 1.33. The zero-order valence-electron chi connectivity index (χ0n) is 14.8. The highest BCUT2D eigenvalue weighted by Crippen LogP contribution is 2.35. The van der Waals surface area contributed by atoms with Crippen molar-refractivity contribution in [1.82, 2.24) is 5.06 Å². The Morgan fingerprint density at radius 1 is 1.23 bits per heavy atom. The van der Waals surface area contributed by atoms with Crippen LogP contribution in [0.2, 0.25) is 0 Å². The number of benzene rings is 2. The Balaban J connectivity index is 1.95. The topological polar surface area (TPSA) is 59.0 Å². The minimum Gasteiger partial charge on any atom is -0.508 e. The average molecular weight is 351 g/mol. The number of carbonyl (C=O) groups excluding carboxylic acids is 1. The zero-order chi connectivity index (χ0) is 18.5. The fraction of sp³-hybridized carbons (Fsp3) is 0.190. The predicted molar refractivity (Wildman–Crippen MR) is 99.3 cm³/mol. The molecule has 0 saturated heterocycles. The Morgan fingerprint density at radius 3 is 2.65 bits per heavy atom. The summed E-state index contributed by atoms with van der Waals surface area (Å²) >= 11 is 0. The summed E-state index contributed by atoms with van der Waals surface area (Å²) < 4.78 is 5.23. The van der Waals surface area contributed by atoms with Crippen LogP contribution < -0.4 is 4.74 Å². The second kappa shape index (κ2) is 7.89. The number of allylic oxidation sites excluding steroid dienone is 1. The average Bonchev–Trinajstić information content (AvgIpc) is 3.02. The Morgan fingerprint density at radius 2 is 2.00 bits per heavy atom. The maximum atomic E-state index is 11.8. The van der Waals surface area contributed by atoms with E-state index in [4.69, 9.17) is 9.57 Å². The molecule has 0 amide bonds. The number of hydrogen-bond acceptors (Lipinski definition) is 5. The van der Waals surface area contributed by atoms with Crippen LogP contribution in [0, 0.1) is 0 Å². The minimum atomic E-state index is -0.335. The molecule has 1 aliphatic rings. The number of aldehydes is 1. The number of hydroxylamine groups is 2. The maximum Gasteiger partial charge on any atom is 0.163 e. The van der Waals surface area contributed by atoms with E-state index in [9.17, 15) is 9.90 Å². The van der Waals surface area contributed by atoms with Gasteiger partial charge in [0.25, 0.3) is 0 Å². The van der Waals surface area contributed by atoms with Crippen LogP contribution in [0.25, 0.3) is 5.76 Å². The number of hydrogen-bond donors (Lipinski definition) is 1. The number of nitrogens with zero attached hydrogens (tertiary/aromatic N) is 1. The van der Waals surface area contributed by atoms with Crippen LogP contribution >= 0.6 is 0 Å². The molecule has 1 heterocycles. The Labute approximate surface area is 152 Å². The van der Waals surface area contributed by atoms with E-state index < -0.39 is 0 Å². The maximum absolute atomic E-state index is 11.8. The Hall–Kier alpha value is -3.05. The highest BCUT2D eigenvalue weighted by atomic mass is 16.7. The lowest BCUT2D eigenvalue weighted by Gasteiger charge is -2.22. The van der Waals surface area contributed by atoms with E-state index in [0.29, 0.717) is 29.2 Å². The van der Waals surface area contributed by atoms with Gasteiger partial charge in [-0.15, -0.1) is 5.06 Å². The van der Waals surface area contributed by atoms with E-state index in [1.165, 1.54) is 0 Å². The molecule has 2 aromatic rings. The van der Waals surface area contributed by atoms with Gasteiger partial charge < -0.3 is 14.7 Å². The van der Waals surface area contributed by atoms with Crippen LogP contribution in [0.5, 0.6) is 11.5 Å². The molecule has 5 heteroatoms. The van der Waals surface area contributed by atoms with Crippen molar-refractivity contribution in [1.29, 1.82) is 0 Å². The number of rotatable bonds is 6. The molecule has 26 heavy (non-hydrogen) atoms. The van der Waals surface area contributed by atoms with E-state index >= 15 is 0 Å². The minimum absolute atomic E-state index is 0.148. The lowest BCUT2D eigenvalue weighted by molar-refractivity contribution is -0.107. The molecule has 2 aromatic carbocycles. The SMILES string of the molecule is C/C=C/C1C(C=O)=C(c2ccccc2)ON1Cc1cc(OC)ccc1O. The van der Waals surface area contributed by atoms with E-state index in [2.05, 4.69) is 0 Å². The second-order valence-electron chi connectivity index (χ2n) is 5.90. The van der Waals surface area contributed by atoms with Gasteiger partial charge in [-0.2, -0.15) is 0 Å². The van der Waals surface area contributed by atoms with Gasteiger partial charge in [0.2, 0.25) is 0 Å². The summed E-state index contributed by atoms with van der Waals surface area (Å²) in [4.78, 5) is 17.8. The third kappa shape index (κ3) is 3.48. The van der Waals surface area contributed by atoms with Crippen molar-refractivity contribution < 1.29 is 19.5 Å². The van der Waals surface area contributed by atoms with Crippen molar-refractivity contribution in [3.05, 3.63) is 77.4 Å². The molecule has 1 N–H and O–H groups in total. The fourth-order valence-corrected chi connectivity index (χ4v) is 2.94. The van der Waals surface area contributed by atoms with Crippen molar-refractivity contribution >= 4 is 12.0 Å². The lowest BCUT2D eigenvalue weighted by Crippen LogP contribution is -2.29. The molecule has 0 spiro atoms. The standard InChI is InChI=1S/C21H21NO4/c1-3-7-19-18(14-23)21(15-8-5-4-6-9-15)26-22(19)13-16-12-17(25-2)10-11-20(16)24/h3-12,14,19,24H,13H2,1-2H3/b7-3+. The van der Waals surface area contributed by atoms with Crippen LogP contribution in [0.3, 0.4) is 0 Å². The van der Waals surface area contributed by atoms with Crippen LogP contribution in [-0.4, -0.2) is 29.6 Å². The first-order valence-electron chi connectivity index (χ1n) is 8.36. The third-order valence-corrected chi connectivity index (χ3v) is 4.25. The van der Waals surface area contributed by atoms with Gasteiger partial charge in [-0.3, -0.25) is 4.79 Å². The molecule has 0 saturated carbocycles. The van der Waals surface area contributed by atoms with E-state index in [1.807, 2.05) is 49.4 Å². The molecular weight excluding hydrogens is 330 g/mol. The number of aromatic hydroxyl groups is 1. The number of phenolic OH excluding ortho intramolecular Hbond substituents is 1. The normalized spacial score (nSPS) is 17.5. The van der Waals surface area contributed by atoms with E-state index in [-0.39, 0.29) is 11.8 Å². The van der Waals surface area contributed by atoms with Gasteiger partial charge in [0, 0.05) is 11.1 Å². The zero-order valence-corrected chi connectivity index (χ0v) is 14.8. The van der Waals surface area contributed by atoms with Crippen LogP contribution in [0.15, 0.2) is 66.3 Å². The number of phenols is 1. The first-order chi connectivity index (χ1) is 12.7. The van der Waals surface area contributed by atoms with Crippen molar-refractivity contribution in [2.45, 2.75) is 19.5 Å². The molecule has 0 fully saturated rings. The summed E-state index contributed by atoms with van der Waals surface area (Å²) in [6.07, 6.45) is 4.61. The fourth-order valence-electron chi connectivity index (χ4n) is 2.94. The van der Waals surface area contributed by atoms with Gasteiger partial charge in [0.05, 0.1) is 25.3 Å². The van der Waals surface area contributed by atoms with Crippen LogP contribution in [-0.2, 0) is 16.2 Å². The number of ether oxygens (including phenoxy) is 1. The molecule has 134 valence electrons. The number of carbonyl (C=O) groups is 1. The molecule has 0 radical (unpaired) electrons. The van der Waals surface area contributed by atoms with Gasteiger partial charge in [0.15, 0.2) is 12.0 Å². The molecule has 1 unspecified atom stereocenters. The molecule has 1 atom stereocenters. The number of methoxy groups -OCH3 is 1. The quantitative estimate of drug-likeness (QED) is 0.635. The molecular formula is C21H21NO4. The molecule has 3 rings (SSSR count). The molecule has 0 bridgehead atoms. The Kier molecular flexibility index (Phi) is 5.39. The van der Waals surface area contributed by atoms with Gasteiger partial charge in [0.1, 0.15) is 11.5 Å². The van der Waals surface area contributed by atoms with Crippen molar-refractivity contribution in [3.63, 3.8) is 0 Å². The van der Waals surface area contributed by atoms with Gasteiger partial charge in [-0.05, 0) is 25.1 Å². The van der Waals surface area contributed by atoms with E-state index in [1.54, 1.807) is 30.4 Å². The smallest absolute Gasteiger partial charge is 0.163 e. The van der Waals surface area contributed by atoms with Crippen molar-refractivity contribution in [2.75, 3.05) is 7.11 Å².